The summed E-state index contributed by atoms with van der Waals surface area (Å²) in [4.78, 5) is 25.9. The van der Waals surface area contributed by atoms with Crippen molar-refractivity contribution in [2.24, 2.45) is 7.05 Å². The van der Waals surface area contributed by atoms with Gasteiger partial charge in [-0.3, -0.25) is 4.79 Å². The maximum atomic E-state index is 13.4. The van der Waals surface area contributed by atoms with Gasteiger partial charge in [-0.15, -0.1) is 0 Å². The monoisotopic (exact) mass is 406 g/mol. The van der Waals surface area contributed by atoms with Crippen LogP contribution in [0.1, 0.15) is 23.0 Å². The van der Waals surface area contributed by atoms with E-state index in [1.807, 2.05) is 48.5 Å². The van der Waals surface area contributed by atoms with E-state index in [4.69, 9.17) is 9.47 Å². The van der Waals surface area contributed by atoms with Gasteiger partial charge in [0.15, 0.2) is 11.4 Å². The number of benzene rings is 2. The Labute approximate surface area is 172 Å². The van der Waals surface area contributed by atoms with E-state index in [9.17, 15) is 14.7 Å². The lowest BCUT2D eigenvalue weighted by Gasteiger charge is -2.13. The van der Waals surface area contributed by atoms with Gasteiger partial charge in [-0.2, -0.15) is 0 Å². The highest BCUT2D eigenvalue weighted by atomic mass is 16.5. The zero-order valence-electron chi connectivity index (χ0n) is 17.0. The van der Waals surface area contributed by atoms with E-state index < -0.39 is 5.97 Å². The summed E-state index contributed by atoms with van der Waals surface area (Å²) in [5.74, 6) is -0.296. The molecule has 1 N–H and O–H groups in total. The topological polar surface area (TPSA) is 82.7 Å². The molecule has 0 radical (unpaired) electrons. The number of pyridine rings is 1. The number of rotatable bonds is 5. The zero-order chi connectivity index (χ0) is 21.4. The number of aromatic hydroxyl groups is 1. The fourth-order valence-electron chi connectivity index (χ4n) is 3.84. The number of esters is 1. The second kappa shape index (κ2) is 7.59. The number of methoxy groups -OCH3 is 1. The first-order valence-corrected chi connectivity index (χ1v) is 9.60. The number of aromatic nitrogens is 2. The van der Waals surface area contributed by atoms with Crippen LogP contribution in [0.25, 0.3) is 21.8 Å². The van der Waals surface area contributed by atoms with E-state index in [1.54, 1.807) is 25.6 Å². The molecule has 7 heteroatoms. The van der Waals surface area contributed by atoms with E-state index in [-0.39, 0.29) is 29.0 Å². The Morgan fingerprint density at radius 1 is 1.10 bits per heavy atom. The van der Waals surface area contributed by atoms with Crippen molar-refractivity contribution in [3.05, 3.63) is 70.1 Å². The normalized spacial score (nSPS) is 11.2. The molecule has 4 aromatic rings. The Morgan fingerprint density at radius 3 is 2.47 bits per heavy atom. The molecule has 0 saturated heterocycles. The minimum absolute atomic E-state index is 0.0312. The van der Waals surface area contributed by atoms with Gasteiger partial charge in [0.1, 0.15) is 11.1 Å². The molecule has 2 heterocycles. The van der Waals surface area contributed by atoms with Crippen LogP contribution in [0, 0.1) is 0 Å². The molecule has 2 aromatic carbocycles. The van der Waals surface area contributed by atoms with Crippen molar-refractivity contribution in [1.82, 2.24) is 9.13 Å². The van der Waals surface area contributed by atoms with Gasteiger partial charge < -0.3 is 23.7 Å². The largest absolute Gasteiger partial charge is 0.505 e. The molecular formula is C23H22N2O5. The molecule has 7 nitrogen and oxygen atoms in total. The van der Waals surface area contributed by atoms with Crippen molar-refractivity contribution in [3.63, 3.8) is 0 Å². The molecule has 154 valence electrons. The van der Waals surface area contributed by atoms with Crippen molar-refractivity contribution in [1.29, 1.82) is 0 Å². The number of aryl methyl sites for hydroxylation is 1. The maximum Gasteiger partial charge on any atom is 0.358 e. The molecule has 30 heavy (non-hydrogen) atoms. The van der Waals surface area contributed by atoms with Crippen molar-refractivity contribution in [2.75, 3.05) is 13.7 Å². The summed E-state index contributed by atoms with van der Waals surface area (Å²) < 4.78 is 13.4. The summed E-state index contributed by atoms with van der Waals surface area (Å²) in [5.41, 5.74) is 1.71. The SMILES string of the molecule is CCOC(=O)c1c(O)c2c(=O)n(Cc3ccc(OC)cc3)c3ccccc3c2n1C. The summed E-state index contributed by atoms with van der Waals surface area (Å²) in [6, 6.07) is 14.9. The summed E-state index contributed by atoms with van der Waals surface area (Å²) in [6.07, 6.45) is 0. The van der Waals surface area contributed by atoms with Gasteiger partial charge in [0.05, 0.1) is 31.3 Å². The molecule has 0 aliphatic heterocycles. The van der Waals surface area contributed by atoms with Crippen LogP contribution in [-0.2, 0) is 18.3 Å². The van der Waals surface area contributed by atoms with Crippen molar-refractivity contribution in [3.8, 4) is 11.5 Å². The highest BCUT2D eigenvalue weighted by Crippen LogP contribution is 2.34. The molecule has 0 bridgehead atoms. The molecule has 0 aliphatic carbocycles. The Hall–Kier alpha value is -3.74. The van der Waals surface area contributed by atoms with Gasteiger partial charge in [-0.1, -0.05) is 30.3 Å². The van der Waals surface area contributed by atoms with Gasteiger partial charge in [-0.05, 0) is 30.7 Å². The van der Waals surface area contributed by atoms with Gasteiger partial charge in [-0.25, -0.2) is 4.79 Å². The number of para-hydroxylation sites is 1. The fourth-order valence-corrected chi connectivity index (χ4v) is 3.84. The van der Waals surface area contributed by atoms with E-state index >= 15 is 0 Å². The molecule has 4 rings (SSSR count). The Kier molecular flexibility index (Phi) is 4.95. The molecule has 0 aliphatic rings. The Balaban J connectivity index is 2.01. The van der Waals surface area contributed by atoms with Crippen LogP contribution in [-0.4, -0.2) is 33.9 Å². The van der Waals surface area contributed by atoms with Crippen LogP contribution in [0.3, 0.4) is 0 Å². The Bertz CT molecular complexity index is 1320. The summed E-state index contributed by atoms with van der Waals surface area (Å²) in [6.45, 7) is 2.17. The lowest BCUT2D eigenvalue weighted by atomic mass is 10.1. The first kappa shape index (κ1) is 19.6. The fraction of sp³-hybridized carbons (Fsp3) is 0.217. The van der Waals surface area contributed by atoms with Crippen LogP contribution in [0.15, 0.2) is 53.3 Å². The highest BCUT2D eigenvalue weighted by molar-refractivity contribution is 6.11. The minimum atomic E-state index is -0.668. The number of ether oxygens (including phenoxy) is 2. The lowest BCUT2D eigenvalue weighted by molar-refractivity contribution is 0.0512. The predicted octanol–water partition coefficient (Wildman–Crippen LogP) is 3.43. The van der Waals surface area contributed by atoms with Gasteiger partial charge in [0.25, 0.3) is 5.56 Å². The van der Waals surface area contributed by atoms with E-state index in [2.05, 4.69) is 0 Å². The molecule has 2 aromatic heterocycles. The van der Waals surface area contributed by atoms with E-state index in [0.29, 0.717) is 17.6 Å². The quantitative estimate of drug-likeness (QED) is 0.514. The third-order valence-corrected chi connectivity index (χ3v) is 5.25. The highest BCUT2D eigenvalue weighted by Gasteiger charge is 2.26. The van der Waals surface area contributed by atoms with Crippen LogP contribution in [0.4, 0.5) is 0 Å². The van der Waals surface area contributed by atoms with Gasteiger partial charge >= 0.3 is 5.97 Å². The second-order valence-corrected chi connectivity index (χ2v) is 6.96. The molecule has 0 saturated carbocycles. The molecule has 0 fully saturated rings. The predicted molar refractivity (Wildman–Crippen MR) is 114 cm³/mol. The van der Waals surface area contributed by atoms with Gasteiger partial charge in [0.2, 0.25) is 0 Å². The van der Waals surface area contributed by atoms with Crippen molar-refractivity contribution in [2.45, 2.75) is 13.5 Å². The average molecular weight is 406 g/mol. The lowest BCUT2D eigenvalue weighted by Crippen LogP contribution is -2.21. The summed E-state index contributed by atoms with van der Waals surface area (Å²) in [5, 5.41) is 11.7. The number of fused-ring (bicyclic) bond motifs is 3. The third kappa shape index (κ3) is 2.99. The van der Waals surface area contributed by atoms with Crippen molar-refractivity contribution < 1.29 is 19.4 Å². The smallest absolute Gasteiger partial charge is 0.358 e. The summed E-state index contributed by atoms with van der Waals surface area (Å²) >= 11 is 0. The first-order valence-electron chi connectivity index (χ1n) is 9.60. The number of hydrogen-bond donors (Lipinski definition) is 1. The van der Waals surface area contributed by atoms with E-state index in [0.717, 1.165) is 16.7 Å². The second-order valence-electron chi connectivity index (χ2n) is 6.96. The zero-order valence-corrected chi connectivity index (χ0v) is 17.0. The minimum Gasteiger partial charge on any atom is -0.505 e. The number of nitrogens with zero attached hydrogens (tertiary/aromatic N) is 2. The molecular weight excluding hydrogens is 384 g/mol. The molecule has 0 amide bonds. The van der Waals surface area contributed by atoms with Crippen LogP contribution >= 0.6 is 0 Å². The molecule has 0 spiro atoms. The first-order chi connectivity index (χ1) is 14.5. The third-order valence-electron chi connectivity index (χ3n) is 5.25. The standard InChI is InChI=1S/C23H22N2O5/c1-4-30-23(28)20-21(26)18-19(24(20)2)16-7-5-6-8-17(16)25(22(18)27)13-14-9-11-15(29-3)12-10-14/h5-12,26H,4,13H2,1-3H3. The Morgan fingerprint density at radius 2 is 1.80 bits per heavy atom. The number of hydrogen-bond acceptors (Lipinski definition) is 5. The molecule has 0 atom stereocenters. The maximum absolute atomic E-state index is 13.4. The van der Waals surface area contributed by atoms with E-state index in [1.165, 1.54) is 4.57 Å². The van der Waals surface area contributed by atoms with Crippen molar-refractivity contribution >= 4 is 27.8 Å². The van der Waals surface area contributed by atoms with Crippen LogP contribution < -0.4 is 10.3 Å². The summed E-state index contributed by atoms with van der Waals surface area (Å²) in [7, 11) is 3.24. The average Bonchev–Trinajstić information content (AvgIpc) is 3.02. The molecule has 0 unspecified atom stereocenters. The van der Waals surface area contributed by atoms with Crippen LogP contribution in [0.2, 0.25) is 0 Å². The number of carbonyl (C=O) groups excluding carboxylic acids is 1. The van der Waals surface area contributed by atoms with Gasteiger partial charge in [0, 0.05) is 12.4 Å². The number of carbonyl (C=O) groups is 1. The van der Waals surface area contributed by atoms with Crippen LogP contribution in [0.5, 0.6) is 11.5 Å².